The van der Waals surface area contributed by atoms with E-state index in [9.17, 15) is 4.79 Å². The Balaban J connectivity index is 1.76. The highest BCUT2D eigenvalue weighted by Crippen LogP contribution is 2.32. The normalized spacial score (nSPS) is 18.8. The lowest BCUT2D eigenvalue weighted by Gasteiger charge is -2.33. The summed E-state index contributed by atoms with van der Waals surface area (Å²) in [6, 6.07) is 10.2. The van der Waals surface area contributed by atoms with E-state index in [2.05, 4.69) is 39.2 Å². The minimum Gasteiger partial charge on any atom is -0.293 e. The second-order valence-corrected chi connectivity index (χ2v) is 6.95. The van der Waals surface area contributed by atoms with Gasteiger partial charge in [-0.25, -0.2) is 0 Å². The van der Waals surface area contributed by atoms with E-state index in [4.69, 9.17) is 0 Å². The second-order valence-electron chi connectivity index (χ2n) is 5.10. The number of benzene rings is 1. The highest BCUT2D eigenvalue weighted by Gasteiger charge is 2.26. The minimum absolute atomic E-state index is 0.183. The first-order valence-corrected chi connectivity index (χ1v) is 8.42. The maximum Gasteiger partial charge on any atom is 0.177 e. The molecular formula is C16H16BrNOS. The van der Waals surface area contributed by atoms with Crippen LogP contribution in [0.3, 0.4) is 0 Å². The number of Topliss-reactive ketones (excluding diaryl/α,β-unsaturated/α-hetero) is 1. The van der Waals surface area contributed by atoms with Crippen molar-refractivity contribution in [2.45, 2.75) is 19.4 Å². The molecule has 1 aromatic heterocycles. The molecular weight excluding hydrogens is 334 g/mol. The van der Waals surface area contributed by atoms with Crippen molar-refractivity contribution >= 4 is 33.0 Å². The molecule has 1 unspecified atom stereocenters. The quantitative estimate of drug-likeness (QED) is 0.769. The van der Waals surface area contributed by atoms with E-state index in [1.807, 2.05) is 35.6 Å². The molecule has 0 aliphatic carbocycles. The van der Waals surface area contributed by atoms with E-state index in [1.165, 1.54) is 10.4 Å². The molecule has 0 bridgehead atoms. The molecule has 4 heteroatoms. The molecule has 1 aromatic carbocycles. The van der Waals surface area contributed by atoms with Crippen molar-refractivity contribution in [3.63, 3.8) is 0 Å². The summed E-state index contributed by atoms with van der Waals surface area (Å²) in [5.74, 6) is 0.183. The first-order chi connectivity index (χ1) is 9.66. The second kappa shape index (κ2) is 5.80. The molecule has 0 amide bonds. The highest BCUT2D eigenvalue weighted by molar-refractivity contribution is 9.10. The first kappa shape index (κ1) is 14.0. The number of carbonyl (C=O) groups is 1. The fourth-order valence-corrected chi connectivity index (χ4v) is 4.20. The number of hydrogen-bond acceptors (Lipinski definition) is 3. The van der Waals surface area contributed by atoms with Crippen LogP contribution in [0.2, 0.25) is 0 Å². The zero-order valence-corrected chi connectivity index (χ0v) is 13.7. The zero-order chi connectivity index (χ0) is 14.1. The van der Waals surface area contributed by atoms with Gasteiger partial charge in [-0.3, -0.25) is 9.69 Å². The van der Waals surface area contributed by atoms with Gasteiger partial charge in [-0.05, 0) is 36.4 Å². The van der Waals surface area contributed by atoms with Crippen LogP contribution in [0.15, 0.2) is 40.2 Å². The largest absolute Gasteiger partial charge is 0.293 e. The smallest absolute Gasteiger partial charge is 0.177 e. The summed E-state index contributed by atoms with van der Waals surface area (Å²) in [7, 11) is 0. The van der Waals surface area contributed by atoms with Crippen LogP contribution in [-0.4, -0.2) is 23.8 Å². The lowest BCUT2D eigenvalue weighted by Crippen LogP contribution is -2.37. The molecule has 0 saturated heterocycles. The fourth-order valence-electron chi connectivity index (χ4n) is 2.73. The van der Waals surface area contributed by atoms with Crippen LogP contribution < -0.4 is 0 Å². The van der Waals surface area contributed by atoms with Gasteiger partial charge in [-0.1, -0.05) is 34.1 Å². The van der Waals surface area contributed by atoms with Gasteiger partial charge in [0.25, 0.3) is 0 Å². The van der Waals surface area contributed by atoms with Crippen molar-refractivity contribution in [3.05, 3.63) is 56.2 Å². The van der Waals surface area contributed by atoms with Gasteiger partial charge < -0.3 is 0 Å². The van der Waals surface area contributed by atoms with Gasteiger partial charge in [0.15, 0.2) is 5.78 Å². The molecule has 1 atom stereocenters. The molecule has 104 valence electrons. The highest BCUT2D eigenvalue weighted by atomic mass is 79.9. The molecule has 1 aliphatic heterocycles. The topological polar surface area (TPSA) is 20.3 Å². The summed E-state index contributed by atoms with van der Waals surface area (Å²) >= 11 is 5.29. The molecule has 20 heavy (non-hydrogen) atoms. The fraction of sp³-hybridized carbons (Fsp3) is 0.312. The van der Waals surface area contributed by atoms with Crippen molar-refractivity contribution in [1.29, 1.82) is 0 Å². The third kappa shape index (κ3) is 2.60. The number of carbonyl (C=O) groups excluding carboxylic acids is 1. The van der Waals surface area contributed by atoms with Gasteiger partial charge >= 0.3 is 0 Å². The average Bonchev–Trinajstić information content (AvgIpc) is 2.91. The van der Waals surface area contributed by atoms with Crippen molar-refractivity contribution < 1.29 is 4.79 Å². The monoisotopic (exact) mass is 349 g/mol. The Hall–Kier alpha value is -0.970. The Morgan fingerprint density at radius 1 is 1.40 bits per heavy atom. The van der Waals surface area contributed by atoms with Gasteiger partial charge in [0.05, 0.1) is 6.54 Å². The summed E-state index contributed by atoms with van der Waals surface area (Å²) in [5, 5.41) is 2.15. The predicted octanol–water partition coefficient (Wildman–Crippen LogP) is 4.31. The third-order valence-electron chi connectivity index (χ3n) is 3.92. The van der Waals surface area contributed by atoms with Crippen LogP contribution in [0.5, 0.6) is 0 Å². The van der Waals surface area contributed by atoms with E-state index in [0.717, 1.165) is 23.0 Å². The molecule has 0 spiro atoms. The molecule has 0 radical (unpaired) electrons. The summed E-state index contributed by atoms with van der Waals surface area (Å²) < 4.78 is 0.880. The van der Waals surface area contributed by atoms with Crippen molar-refractivity contribution in [3.8, 4) is 0 Å². The van der Waals surface area contributed by atoms with Gasteiger partial charge in [0, 0.05) is 27.5 Å². The maximum atomic E-state index is 12.5. The number of halogens is 1. The van der Waals surface area contributed by atoms with E-state index in [0.29, 0.717) is 12.6 Å². The van der Waals surface area contributed by atoms with Crippen LogP contribution in [0.1, 0.15) is 33.8 Å². The number of rotatable bonds is 3. The Labute approximate surface area is 131 Å². The van der Waals surface area contributed by atoms with Crippen molar-refractivity contribution in [2.24, 2.45) is 0 Å². The van der Waals surface area contributed by atoms with E-state index >= 15 is 0 Å². The SMILES string of the molecule is CC1c2ccsc2CCN1CC(=O)c1ccccc1Br. The Bertz CT molecular complexity index is 637. The molecule has 2 aromatic rings. The minimum atomic E-state index is 0.183. The zero-order valence-electron chi connectivity index (χ0n) is 11.3. The average molecular weight is 350 g/mol. The lowest BCUT2D eigenvalue weighted by atomic mass is 10.0. The molecule has 0 fully saturated rings. The van der Waals surface area contributed by atoms with Gasteiger partial charge in [0.2, 0.25) is 0 Å². The van der Waals surface area contributed by atoms with Crippen LogP contribution in [0, 0.1) is 0 Å². The van der Waals surface area contributed by atoms with Crippen LogP contribution >= 0.6 is 27.3 Å². The predicted molar refractivity (Wildman–Crippen MR) is 86.5 cm³/mol. The molecule has 0 N–H and O–H groups in total. The summed E-state index contributed by atoms with van der Waals surface area (Å²) in [6.07, 6.45) is 1.06. The Morgan fingerprint density at radius 3 is 3.00 bits per heavy atom. The molecule has 1 aliphatic rings. The number of ketones is 1. The summed E-state index contributed by atoms with van der Waals surface area (Å²) in [6.45, 7) is 3.64. The maximum absolute atomic E-state index is 12.5. The van der Waals surface area contributed by atoms with Crippen molar-refractivity contribution in [1.82, 2.24) is 4.90 Å². The lowest BCUT2D eigenvalue weighted by molar-refractivity contribution is 0.0891. The van der Waals surface area contributed by atoms with E-state index in [-0.39, 0.29) is 5.78 Å². The van der Waals surface area contributed by atoms with Gasteiger partial charge in [-0.2, -0.15) is 0 Å². The molecule has 2 nitrogen and oxygen atoms in total. The molecule has 2 heterocycles. The number of hydrogen-bond donors (Lipinski definition) is 0. The molecule has 0 saturated carbocycles. The van der Waals surface area contributed by atoms with Crippen LogP contribution in [0.4, 0.5) is 0 Å². The van der Waals surface area contributed by atoms with E-state index < -0.39 is 0 Å². The van der Waals surface area contributed by atoms with Crippen LogP contribution in [0.25, 0.3) is 0 Å². The third-order valence-corrected chi connectivity index (χ3v) is 5.61. The van der Waals surface area contributed by atoms with Gasteiger partial charge in [0.1, 0.15) is 0 Å². The standard InChI is InChI=1S/C16H16BrNOS/c1-11-12-7-9-20-16(12)6-8-18(11)10-15(19)13-4-2-3-5-14(13)17/h2-5,7,9,11H,6,8,10H2,1H3. The van der Waals surface area contributed by atoms with E-state index in [1.54, 1.807) is 0 Å². The number of thiophene rings is 1. The van der Waals surface area contributed by atoms with Crippen molar-refractivity contribution in [2.75, 3.05) is 13.1 Å². The molecule has 3 rings (SSSR count). The summed E-state index contributed by atoms with van der Waals surface area (Å²) in [5.41, 5.74) is 2.16. The van der Waals surface area contributed by atoms with Gasteiger partial charge in [-0.15, -0.1) is 11.3 Å². The summed E-state index contributed by atoms with van der Waals surface area (Å²) in [4.78, 5) is 16.2. The number of nitrogens with zero attached hydrogens (tertiary/aromatic N) is 1. The Morgan fingerprint density at radius 2 is 2.20 bits per heavy atom. The number of fused-ring (bicyclic) bond motifs is 1. The van der Waals surface area contributed by atoms with Crippen LogP contribution in [-0.2, 0) is 6.42 Å². The first-order valence-electron chi connectivity index (χ1n) is 6.75. The Kier molecular flexibility index (Phi) is 4.06.